The minimum Gasteiger partial charge on any atom is -0.381 e. The molecule has 2 amide bonds. The first-order valence-electron chi connectivity index (χ1n) is 6.56. The molecule has 1 heterocycles. The number of halogens is 2. The lowest BCUT2D eigenvalue weighted by Crippen LogP contribution is -2.39. The Hall–Kier alpha value is -0.970. The largest absolute Gasteiger partial charge is 0.381 e. The zero-order chi connectivity index (χ0) is 14.5. The number of urea groups is 1. The Kier molecular flexibility index (Phi) is 5.52. The van der Waals surface area contributed by atoms with Crippen molar-refractivity contribution in [2.75, 3.05) is 26.8 Å². The standard InChI is InChI=1S/C14H18Cl2N2O2/c1-18(8-11-4-12(15)6-13(16)5-11)14(19)17-7-10-2-3-20-9-10/h4-6,10H,2-3,7-9H2,1H3,(H,17,19)/t10-/m0/s1. The second-order valence-corrected chi connectivity index (χ2v) is 5.92. The summed E-state index contributed by atoms with van der Waals surface area (Å²) in [5.74, 6) is 0.424. The molecule has 20 heavy (non-hydrogen) atoms. The van der Waals surface area contributed by atoms with Crippen molar-refractivity contribution in [3.63, 3.8) is 0 Å². The summed E-state index contributed by atoms with van der Waals surface area (Å²) in [5.41, 5.74) is 0.907. The fourth-order valence-corrected chi connectivity index (χ4v) is 2.73. The van der Waals surface area contributed by atoms with Gasteiger partial charge in [0.2, 0.25) is 0 Å². The lowest BCUT2D eigenvalue weighted by molar-refractivity contribution is 0.182. The molecular formula is C14H18Cl2N2O2. The van der Waals surface area contributed by atoms with Gasteiger partial charge in [0.05, 0.1) is 6.61 Å². The molecule has 0 radical (unpaired) electrons. The molecular weight excluding hydrogens is 299 g/mol. The van der Waals surface area contributed by atoms with Crippen LogP contribution in [-0.4, -0.2) is 37.7 Å². The van der Waals surface area contributed by atoms with Crippen LogP contribution in [0.15, 0.2) is 18.2 Å². The van der Waals surface area contributed by atoms with E-state index in [2.05, 4.69) is 5.32 Å². The topological polar surface area (TPSA) is 41.6 Å². The van der Waals surface area contributed by atoms with Crippen molar-refractivity contribution in [1.29, 1.82) is 0 Å². The number of benzene rings is 1. The number of nitrogens with zero attached hydrogens (tertiary/aromatic N) is 1. The van der Waals surface area contributed by atoms with E-state index >= 15 is 0 Å². The molecule has 2 rings (SSSR count). The van der Waals surface area contributed by atoms with E-state index in [1.165, 1.54) is 0 Å². The van der Waals surface area contributed by atoms with E-state index < -0.39 is 0 Å². The maximum absolute atomic E-state index is 12.0. The van der Waals surface area contributed by atoms with Crippen molar-refractivity contribution >= 4 is 29.2 Å². The number of ether oxygens (including phenoxy) is 1. The van der Waals surface area contributed by atoms with E-state index in [1.54, 1.807) is 18.0 Å². The lowest BCUT2D eigenvalue weighted by Gasteiger charge is -2.19. The zero-order valence-corrected chi connectivity index (χ0v) is 12.9. The first-order chi connectivity index (χ1) is 9.54. The summed E-state index contributed by atoms with van der Waals surface area (Å²) in [6, 6.07) is 5.18. The SMILES string of the molecule is CN(Cc1cc(Cl)cc(Cl)c1)C(=O)NC[C@@H]1CCOC1. The fourth-order valence-electron chi connectivity index (χ4n) is 2.16. The van der Waals surface area contributed by atoms with Gasteiger partial charge in [0, 0.05) is 42.7 Å². The van der Waals surface area contributed by atoms with Crippen molar-refractivity contribution in [1.82, 2.24) is 10.2 Å². The van der Waals surface area contributed by atoms with Gasteiger partial charge in [-0.05, 0) is 30.2 Å². The summed E-state index contributed by atoms with van der Waals surface area (Å²) in [6.07, 6.45) is 1.01. The molecule has 0 bridgehead atoms. The third-order valence-electron chi connectivity index (χ3n) is 3.25. The zero-order valence-electron chi connectivity index (χ0n) is 11.4. The molecule has 1 aromatic carbocycles. The number of rotatable bonds is 4. The number of hydrogen-bond donors (Lipinski definition) is 1. The third-order valence-corrected chi connectivity index (χ3v) is 3.69. The molecule has 0 unspecified atom stereocenters. The lowest BCUT2D eigenvalue weighted by atomic mass is 10.1. The van der Waals surface area contributed by atoms with Gasteiger partial charge in [-0.25, -0.2) is 4.79 Å². The second kappa shape index (κ2) is 7.16. The van der Waals surface area contributed by atoms with E-state index in [1.807, 2.05) is 12.1 Å². The van der Waals surface area contributed by atoms with Gasteiger partial charge in [0.1, 0.15) is 0 Å². The summed E-state index contributed by atoms with van der Waals surface area (Å²) in [6.45, 7) is 2.64. The van der Waals surface area contributed by atoms with E-state index in [-0.39, 0.29) is 6.03 Å². The first kappa shape index (κ1) is 15.4. The van der Waals surface area contributed by atoms with E-state index in [0.29, 0.717) is 29.1 Å². The molecule has 0 saturated carbocycles. The van der Waals surface area contributed by atoms with Crippen LogP contribution in [0.1, 0.15) is 12.0 Å². The van der Waals surface area contributed by atoms with Gasteiger partial charge in [0.25, 0.3) is 0 Å². The Bertz CT molecular complexity index is 456. The van der Waals surface area contributed by atoms with Gasteiger partial charge < -0.3 is 15.0 Å². The Morgan fingerprint density at radius 1 is 1.40 bits per heavy atom. The Labute approximate surface area is 129 Å². The highest BCUT2D eigenvalue weighted by molar-refractivity contribution is 6.34. The maximum Gasteiger partial charge on any atom is 0.317 e. The van der Waals surface area contributed by atoms with Crippen LogP contribution in [-0.2, 0) is 11.3 Å². The Morgan fingerprint density at radius 3 is 2.70 bits per heavy atom. The van der Waals surface area contributed by atoms with Crippen LogP contribution in [0.2, 0.25) is 10.0 Å². The summed E-state index contributed by atoms with van der Waals surface area (Å²) in [4.78, 5) is 13.6. The molecule has 6 heteroatoms. The summed E-state index contributed by atoms with van der Waals surface area (Å²) < 4.78 is 5.28. The van der Waals surface area contributed by atoms with Crippen LogP contribution in [0.5, 0.6) is 0 Å². The minimum absolute atomic E-state index is 0.104. The third kappa shape index (κ3) is 4.54. The number of hydrogen-bond acceptors (Lipinski definition) is 2. The minimum atomic E-state index is -0.104. The first-order valence-corrected chi connectivity index (χ1v) is 7.32. The Morgan fingerprint density at radius 2 is 2.10 bits per heavy atom. The van der Waals surface area contributed by atoms with Gasteiger partial charge in [0.15, 0.2) is 0 Å². The molecule has 0 aromatic heterocycles. The van der Waals surface area contributed by atoms with Crippen molar-refractivity contribution in [3.05, 3.63) is 33.8 Å². The quantitative estimate of drug-likeness (QED) is 0.927. The van der Waals surface area contributed by atoms with Gasteiger partial charge in [-0.2, -0.15) is 0 Å². The van der Waals surface area contributed by atoms with Gasteiger partial charge in [-0.3, -0.25) is 0 Å². The normalized spacial score (nSPS) is 18.1. The molecule has 1 N–H and O–H groups in total. The summed E-state index contributed by atoms with van der Waals surface area (Å²) in [7, 11) is 1.75. The van der Waals surface area contributed by atoms with Crippen LogP contribution in [0.25, 0.3) is 0 Å². The molecule has 1 saturated heterocycles. The molecule has 1 aliphatic rings. The molecule has 1 atom stereocenters. The molecule has 4 nitrogen and oxygen atoms in total. The summed E-state index contributed by atoms with van der Waals surface area (Å²) in [5, 5.41) is 4.06. The average molecular weight is 317 g/mol. The summed E-state index contributed by atoms with van der Waals surface area (Å²) >= 11 is 11.9. The van der Waals surface area contributed by atoms with E-state index in [4.69, 9.17) is 27.9 Å². The van der Waals surface area contributed by atoms with Crippen LogP contribution in [0.4, 0.5) is 4.79 Å². The van der Waals surface area contributed by atoms with Crippen LogP contribution < -0.4 is 5.32 Å². The number of nitrogens with one attached hydrogen (secondary N) is 1. The number of amides is 2. The highest BCUT2D eigenvalue weighted by Gasteiger charge is 2.17. The van der Waals surface area contributed by atoms with Crippen LogP contribution >= 0.6 is 23.2 Å². The number of carbonyl (C=O) groups excluding carboxylic acids is 1. The van der Waals surface area contributed by atoms with Crippen LogP contribution in [0, 0.1) is 5.92 Å². The van der Waals surface area contributed by atoms with Crippen molar-refractivity contribution in [2.45, 2.75) is 13.0 Å². The smallest absolute Gasteiger partial charge is 0.317 e. The molecule has 0 aliphatic carbocycles. The molecule has 0 spiro atoms. The van der Waals surface area contributed by atoms with Crippen molar-refractivity contribution < 1.29 is 9.53 Å². The predicted octanol–water partition coefficient (Wildman–Crippen LogP) is 3.17. The highest BCUT2D eigenvalue weighted by Crippen LogP contribution is 2.20. The monoisotopic (exact) mass is 316 g/mol. The Balaban J connectivity index is 1.83. The van der Waals surface area contributed by atoms with Gasteiger partial charge in [-0.15, -0.1) is 0 Å². The maximum atomic E-state index is 12.0. The number of carbonyl (C=O) groups is 1. The molecule has 1 fully saturated rings. The van der Waals surface area contributed by atoms with E-state index in [0.717, 1.165) is 25.2 Å². The molecule has 110 valence electrons. The highest BCUT2D eigenvalue weighted by atomic mass is 35.5. The fraction of sp³-hybridized carbons (Fsp3) is 0.500. The second-order valence-electron chi connectivity index (χ2n) is 5.05. The molecule has 1 aliphatic heterocycles. The molecule has 1 aromatic rings. The van der Waals surface area contributed by atoms with Crippen LogP contribution in [0.3, 0.4) is 0 Å². The van der Waals surface area contributed by atoms with Gasteiger partial charge >= 0.3 is 6.03 Å². The van der Waals surface area contributed by atoms with Crippen molar-refractivity contribution in [3.8, 4) is 0 Å². The average Bonchev–Trinajstić information content (AvgIpc) is 2.87. The van der Waals surface area contributed by atoms with Gasteiger partial charge in [-0.1, -0.05) is 23.2 Å². The van der Waals surface area contributed by atoms with E-state index in [9.17, 15) is 4.79 Å². The van der Waals surface area contributed by atoms with Crippen molar-refractivity contribution in [2.24, 2.45) is 5.92 Å². The predicted molar refractivity (Wildman–Crippen MR) is 80.3 cm³/mol.